The van der Waals surface area contributed by atoms with Crippen LogP contribution in [0.3, 0.4) is 0 Å². The molecule has 0 aliphatic heterocycles. The summed E-state index contributed by atoms with van der Waals surface area (Å²) < 4.78 is 30.5. The van der Waals surface area contributed by atoms with Crippen molar-refractivity contribution in [2.24, 2.45) is 0 Å². The van der Waals surface area contributed by atoms with Gasteiger partial charge in [0.25, 0.3) is 10.0 Å². The van der Waals surface area contributed by atoms with Crippen LogP contribution in [0.4, 0.5) is 0 Å². The first-order valence-electron chi connectivity index (χ1n) is 5.23. The second-order valence-corrected chi connectivity index (χ2v) is 6.28. The minimum Gasteiger partial charge on any atom is -0.465 e. The number of esters is 1. The van der Waals surface area contributed by atoms with Gasteiger partial charge in [0.15, 0.2) is 0 Å². The Hall–Kier alpha value is -1.60. The van der Waals surface area contributed by atoms with Crippen LogP contribution in [0, 0.1) is 0 Å². The highest BCUT2D eigenvalue weighted by Gasteiger charge is 2.21. The lowest BCUT2D eigenvalue weighted by Crippen LogP contribution is -2.12. The van der Waals surface area contributed by atoms with Crippen molar-refractivity contribution in [3.63, 3.8) is 0 Å². The summed E-state index contributed by atoms with van der Waals surface area (Å²) in [6.07, 6.45) is 1.22. The zero-order valence-corrected chi connectivity index (χ0v) is 12.3. The van der Waals surface area contributed by atoms with Crippen molar-refractivity contribution in [1.29, 1.82) is 0 Å². The Morgan fingerprint density at radius 1 is 1.26 bits per heavy atom. The first-order chi connectivity index (χ1) is 8.96. The monoisotopic (exact) mass is 343 g/mol. The van der Waals surface area contributed by atoms with Gasteiger partial charge in [0.1, 0.15) is 4.60 Å². The predicted octanol–water partition coefficient (Wildman–Crippen LogP) is 2.27. The van der Waals surface area contributed by atoms with Gasteiger partial charge in [-0.2, -0.15) is 0 Å². The smallest absolute Gasteiger partial charge is 0.339 e. The molecule has 1 aromatic carbocycles. The number of ether oxygens (including phenoxy) is 1. The topological polar surface area (TPSA) is 65.4 Å². The van der Waals surface area contributed by atoms with E-state index in [1.54, 1.807) is 18.2 Å². The highest BCUT2D eigenvalue weighted by atomic mass is 79.9. The van der Waals surface area contributed by atoms with Crippen molar-refractivity contribution < 1.29 is 17.9 Å². The minimum absolute atomic E-state index is 0.141. The summed E-state index contributed by atoms with van der Waals surface area (Å²) in [5.41, 5.74) is 0.161. The van der Waals surface area contributed by atoms with Gasteiger partial charge in [-0.25, -0.2) is 17.2 Å². The number of carbonyl (C=O) groups is 1. The number of nitrogens with zero attached hydrogens (tertiary/aromatic N) is 1. The first kappa shape index (κ1) is 13.8. The average Bonchev–Trinajstić information content (AvgIpc) is 2.81. The molecule has 0 spiro atoms. The van der Waals surface area contributed by atoms with E-state index < -0.39 is 16.0 Å². The van der Waals surface area contributed by atoms with E-state index in [0.29, 0.717) is 0 Å². The maximum atomic E-state index is 12.4. The Balaban J connectivity index is 2.54. The molecule has 100 valence electrons. The normalized spacial score (nSPS) is 11.3. The molecule has 0 amide bonds. The maximum absolute atomic E-state index is 12.4. The molecule has 0 fully saturated rings. The number of carbonyl (C=O) groups excluding carboxylic acids is 1. The molecule has 0 radical (unpaired) electrons. The van der Waals surface area contributed by atoms with E-state index in [1.807, 2.05) is 0 Å². The lowest BCUT2D eigenvalue weighted by atomic mass is 10.3. The van der Waals surface area contributed by atoms with E-state index >= 15 is 0 Å². The van der Waals surface area contributed by atoms with Crippen molar-refractivity contribution >= 4 is 31.9 Å². The molecule has 1 aromatic heterocycles. The van der Waals surface area contributed by atoms with E-state index in [4.69, 9.17) is 0 Å². The third kappa shape index (κ3) is 2.57. The number of rotatable bonds is 3. The number of hydrogen-bond donors (Lipinski definition) is 0. The van der Waals surface area contributed by atoms with Crippen LogP contribution in [0.25, 0.3) is 0 Å². The number of aromatic nitrogens is 1. The standard InChI is InChI=1S/C12H10BrNO4S/c1-18-12(15)9-7-11(13)14(8-9)19(16,17)10-5-3-2-4-6-10/h2-8H,1H3. The number of methoxy groups -OCH3 is 1. The summed E-state index contributed by atoms with van der Waals surface area (Å²) in [6.45, 7) is 0. The Morgan fingerprint density at radius 2 is 1.89 bits per heavy atom. The zero-order chi connectivity index (χ0) is 14.0. The van der Waals surface area contributed by atoms with Crippen molar-refractivity contribution in [1.82, 2.24) is 3.97 Å². The van der Waals surface area contributed by atoms with E-state index in [0.717, 1.165) is 3.97 Å². The highest BCUT2D eigenvalue weighted by molar-refractivity contribution is 9.10. The fraction of sp³-hybridized carbons (Fsp3) is 0.0833. The van der Waals surface area contributed by atoms with Gasteiger partial charge in [0, 0.05) is 6.20 Å². The molecule has 0 unspecified atom stereocenters. The Labute approximate surface area is 119 Å². The van der Waals surface area contributed by atoms with Crippen LogP contribution < -0.4 is 0 Å². The fourth-order valence-corrected chi connectivity index (χ4v) is 3.72. The van der Waals surface area contributed by atoms with Crippen LogP contribution in [-0.2, 0) is 14.8 Å². The molecule has 2 aromatic rings. The summed E-state index contributed by atoms with van der Waals surface area (Å²) in [4.78, 5) is 11.5. The van der Waals surface area contributed by atoms with Crippen molar-refractivity contribution in [2.75, 3.05) is 7.11 Å². The zero-order valence-electron chi connectivity index (χ0n) is 9.91. The van der Waals surface area contributed by atoms with E-state index in [9.17, 15) is 13.2 Å². The minimum atomic E-state index is -3.73. The molecule has 0 aliphatic carbocycles. The summed E-state index contributed by atoms with van der Waals surface area (Å²) >= 11 is 3.12. The summed E-state index contributed by atoms with van der Waals surface area (Å²) in [5, 5.41) is 0. The maximum Gasteiger partial charge on any atom is 0.339 e. The van der Waals surface area contributed by atoms with Gasteiger partial charge in [-0.1, -0.05) is 18.2 Å². The van der Waals surface area contributed by atoms with Crippen LogP contribution in [0.5, 0.6) is 0 Å². The third-order valence-corrected chi connectivity index (χ3v) is 5.00. The number of halogens is 1. The lowest BCUT2D eigenvalue weighted by Gasteiger charge is -2.06. The molecular formula is C12H10BrNO4S. The van der Waals surface area contributed by atoms with Crippen molar-refractivity contribution in [3.8, 4) is 0 Å². The van der Waals surface area contributed by atoms with E-state index in [2.05, 4.69) is 20.7 Å². The third-order valence-electron chi connectivity index (χ3n) is 2.46. The van der Waals surface area contributed by atoms with Gasteiger partial charge >= 0.3 is 5.97 Å². The number of hydrogen-bond acceptors (Lipinski definition) is 4. The Bertz CT molecular complexity index is 707. The van der Waals surface area contributed by atoms with Gasteiger partial charge in [-0.05, 0) is 34.1 Å². The van der Waals surface area contributed by atoms with Gasteiger partial charge in [-0.15, -0.1) is 0 Å². The van der Waals surface area contributed by atoms with Crippen LogP contribution in [0.15, 0.2) is 52.1 Å². The van der Waals surface area contributed by atoms with Crippen LogP contribution >= 0.6 is 15.9 Å². The number of benzene rings is 1. The second kappa shape index (κ2) is 5.18. The quantitative estimate of drug-likeness (QED) is 0.802. The molecule has 0 saturated carbocycles. The molecule has 1 heterocycles. The Kier molecular flexibility index (Phi) is 3.77. The average molecular weight is 344 g/mol. The molecule has 7 heteroatoms. The van der Waals surface area contributed by atoms with Crippen LogP contribution in [-0.4, -0.2) is 25.5 Å². The van der Waals surface area contributed by atoms with E-state index in [1.165, 1.54) is 31.5 Å². The molecule has 0 saturated heterocycles. The van der Waals surface area contributed by atoms with Gasteiger partial charge in [0.2, 0.25) is 0 Å². The van der Waals surface area contributed by atoms with Crippen LogP contribution in [0.2, 0.25) is 0 Å². The van der Waals surface area contributed by atoms with E-state index in [-0.39, 0.29) is 15.1 Å². The lowest BCUT2D eigenvalue weighted by molar-refractivity contribution is 0.0601. The summed E-state index contributed by atoms with van der Waals surface area (Å²) in [5.74, 6) is -0.595. The summed E-state index contributed by atoms with van der Waals surface area (Å²) in [6, 6.07) is 9.35. The summed E-state index contributed by atoms with van der Waals surface area (Å²) in [7, 11) is -2.49. The van der Waals surface area contributed by atoms with Crippen molar-refractivity contribution in [3.05, 3.63) is 52.8 Å². The van der Waals surface area contributed by atoms with Gasteiger partial charge in [0.05, 0.1) is 17.6 Å². The fourth-order valence-electron chi connectivity index (χ4n) is 1.54. The molecular weight excluding hydrogens is 334 g/mol. The van der Waals surface area contributed by atoms with Gasteiger partial charge < -0.3 is 4.74 Å². The van der Waals surface area contributed by atoms with Gasteiger partial charge in [-0.3, -0.25) is 0 Å². The predicted molar refractivity (Wildman–Crippen MR) is 72.5 cm³/mol. The highest BCUT2D eigenvalue weighted by Crippen LogP contribution is 2.22. The first-order valence-corrected chi connectivity index (χ1v) is 7.47. The molecule has 0 atom stereocenters. The SMILES string of the molecule is COC(=O)c1cc(Br)n(S(=O)(=O)c2ccccc2)c1. The second-order valence-electron chi connectivity index (χ2n) is 3.66. The molecule has 0 N–H and O–H groups in total. The molecule has 0 aliphatic rings. The molecule has 2 rings (SSSR count). The van der Waals surface area contributed by atoms with Crippen molar-refractivity contribution in [2.45, 2.75) is 4.90 Å². The molecule has 5 nitrogen and oxygen atoms in total. The largest absolute Gasteiger partial charge is 0.465 e. The Morgan fingerprint density at radius 3 is 2.47 bits per heavy atom. The molecule has 19 heavy (non-hydrogen) atoms. The molecule has 0 bridgehead atoms. The van der Waals surface area contributed by atoms with Crippen LogP contribution in [0.1, 0.15) is 10.4 Å².